The number of hydrogen-bond acceptors (Lipinski definition) is 2. The molecule has 1 aromatic carbocycles. The van der Waals surface area contributed by atoms with E-state index in [1.165, 1.54) is 29.7 Å². The van der Waals surface area contributed by atoms with E-state index < -0.39 is 0 Å². The molecule has 21 heavy (non-hydrogen) atoms. The van der Waals surface area contributed by atoms with Crippen molar-refractivity contribution in [2.24, 2.45) is 0 Å². The molecule has 0 unspecified atom stereocenters. The van der Waals surface area contributed by atoms with Crippen LogP contribution in [0.3, 0.4) is 0 Å². The van der Waals surface area contributed by atoms with Crippen LogP contribution in [0.15, 0.2) is 34.9 Å². The van der Waals surface area contributed by atoms with Crippen LogP contribution in [0.4, 0.5) is 0 Å². The van der Waals surface area contributed by atoms with Crippen LogP contribution in [-0.4, -0.2) is 15.8 Å². The maximum absolute atomic E-state index is 4.62. The van der Waals surface area contributed by atoms with E-state index in [1.807, 2.05) is 6.20 Å². The molecule has 1 heterocycles. The molecule has 1 fully saturated rings. The standard InChI is InChI=1S/C17H22BrN3/c1-2-4-17-14(10-19-16-7-8-16)11-20-21(17)12-13-5-3-6-15(18)9-13/h3,5-6,9,11,16,19H,2,4,7-8,10,12H2,1H3. The Hall–Kier alpha value is -1.13. The van der Waals surface area contributed by atoms with Crippen LogP contribution >= 0.6 is 15.9 Å². The molecule has 2 aromatic rings. The molecule has 112 valence electrons. The van der Waals surface area contributed by atoms with Crippen molar-refractivity contribution in [3.8, 4) is 0 Å². The summed E-state index contributed by atoms with van der Waals surface area (Å²) in [4.78, 5) is 0. The molecule has 0 saturated heterocycles. The van der Waals surface area contributed by atoms with Crippen LogP contribution in [0.5, 0.6) is 0 Å². The summed E-state index contributed by atoms with van der Waals surface area (Å²) in [6, 6.07) is 9.21. The molecular formula is C17H22BrN3. The van der Waals surface area contributed by atoms with Crippen LogP contribution in [0.2, 0.25) is 0 Å². The minimum absolute atomic E-state index is 0.743. The van der Waals surface area contributed by atoms with Crippen molar-refractivity contribution in [2.45, 2.75) is 51.7 Å². The van der Waals surface area contributed by atoms with Gasteiger partial charge in [-0.15, -0.1) is 0 Å². The Morgan fingerprint density at radius 3 is 2.95 bits per heavy atom. The smallest absolute Gasteiger partial charge is 0.0663 e. The molecule has 0 radical (unpaired) electrons. The highest BCUT2D eigenvalue weighted by Gasteiger charge is 2.21. The molecule has 0 aliphatic heterocycles. The Morgan fingerprint density at radius 2 is 2.24 bits per heavy atom. The van der Waals surface area contributed by atoms with E-state index in [2.05, 4.69) is 62.2 Å². The summed E-state index contributed by atoms with van der Waals surface area (Å²) in [5, 5.41) is 8.22. The van der Waals surface area contributed by atoms with E-state index in [0.717, 1.165) is 36.4 Å². The third-order valence-corrected chi connectivity index (χ3v) is 4.40. The Kier molecular flexibility index (Phi) is 4.76. The number of benzene rings is 1. The molecule has 1 aliphatic carbocycles. The van der Waals surface area contributed by atoms with Gasteiger partial charge in [-0.25, -0.2) is 0 Å². The van der Waals surface area contributed by atoms with Crippen molar-refractivity contribution in [3.63, 3.8) is 0 Å². The largest absolute Gasteiger partial charge is 0.310 e. The average molecular weight is 348 g/mol. The van der Waals surface area contributed by atoms with Gasteiger partial charge in [-0.3, -0.25) is 4.68 Å². The second kappa shape index (κ2) is 6.75. The molecule has 0 spiro atoms. The molecule has 1 aromatic heterocycles. The van der Waals surface area contributed by atoms with E-state index in [1.54, 1.807) is 0 Å². The first-order valence-electron chi connectivity index (χ1n) is 7.77. The molecule has 1 N–H and O–H groups in total. The summed E-state index contributed by atoms with van der Waals surface area (Å²) in [5.74, 6) is 0. The predicted molar refractivity (Wildman–Crippen MR) is 89.3 cm³/mol. The number of nitrogens with one attached hydrogen (secondary N) is 1. The van der Waals surface area contributed by atoms with Crippen molar-refractivity contribution in [1.82, 2.24) is 15.1 Å². The lowest BCUT2D eigenvalue weighted by Crippen LogP contribution is -2.16. The molecule has 4 heteroatoms. The molecule has 1 saturated carbocycles. The van der Waals surface area contributed by atoms with Gasteiger partial charge in [0.15, 0.2) is 0 Å². The van der Waals surface area contributed by atoms with Crippen LogP contribution in [0, 0.1) is 0 Å². The highest BCUT2D eigenvalue weighted by atomic mass is 79.9. The minimum atomic E-state index is 0.743. The van der Waals surface area contributed by atoms with Crippen LogP contribution < -0.4 is 5.32 Å². The van der Waals surface area contributed by atoms with Crippen molar-refractivity contribution in [3.05, 3.63) is 51.8 Å². The lowest BCUT2D eigenvalue weighted by atomic mass is 10.1. The maximum atomic E-state index is 4.62. The van der Waals surface area contributed by atoms with Gasteiger partial charge in [0, 0.05) is 28.3 Å². The Morgan fingerprint density at radius 1 is 1.38 bits per heavy atom. The number of aromatic nitrogens is 2. The third kappa shape index (κ3) is 3.95. The van der Waals surface area contributed by atoms with Gasteiger partial charge in [0.1, 0.15) is 0 Å². The van der Waals surface area contributed by atoms with Crippen LogP contribution in [-0.2, 0) is 19.5 Å². The second-order valence-corrected chi connectivity index (χ2v) is 6.72. The van der Waals surface area contributed by atoms with Gasteiger partial charge in [-0.05, 0) is 37.0 Å². The molecule has 3 nitrogen and oxygen atoms in total. The lowest BCUT2D eigenvalue weighted by Gasteiger charge is -2.10. The van der Waals surface area contributed by atoms with E-state index in [0.29, 0.717) is 0 Å². The average Bonchev–Trinajstić information content (AvgIpc) is 3.22. The second-order valence-electron chi connectivity index (χ2n) is 5.81. The Balaban J connectivity index is 1.76. The van der Waals surface area contributed by atoms with Crippen molar-refractivity contribution < 1.29 is 0 Å². The lowest BCUT2D eigenvalue weighted by molar-refractivity contribution is 0.626. The van der Waals surface area contributed by atoms with Crippen LogP contribution in [0.1, 0.15) is 43.0 Å². The first kappa shape index (κ1) is 14.8. The summed E-state index contributed by atoms with van der Waals surface area (Å²) >= 11 is 3.54. The van der Waals surface area contributed by atoms with Crippen molar-refractivity contribution >= 4 is 15.9 Å². The number of hydrogen-bond donors (Lipinski definition) is 1. The van der Waals surface area contributed by atoms with Gasteiger partial charge >= 0.3 is 0 Å². The summed E-state index contributed by atoms with van der Waals surface area (Å²) in [6.45, 7) is 4.03. The fourth-order valence-corrected chi connectivity index (χ4v) is 3.06. The van der Waals surface area contributed by atoms with Gasteiger partial charge in [-0.2, -0.15) is 5.10 Å². The first-order chi connectivity index (χ1) is 10.3. The van der Waals surface area contributed by atoms with Crippen molar-refractivity contribution in [1.29, 1.82) is 0 Å². The van der Waals surface area contributed by atoms with Gasteiger partial charge in [0.2, 0.25) is 0 Å². The Bertz CT molecular complexity index is 602. The first-order valence-corrected chi connectivity index (χ1v) is 8.57. The van der Waals surface area contributed by atoms with Gasteiger partial charge in [0.25, 0.3) is 0 Å². The van der Waals surface area contributed by atoms with E-state index >= 15 is 0 Å². The van der Waals surface area contributed by atoms with Gasteiger partial charge < -0.3 is 5.32 Å². The van der Waals surface area contributed by atoms with Gasteiger partial charge in [-0.1, -0.05) is 41.4 Å². The van der Waals surface area contributed by atoms with Gasteiger partial charge in [0.05, 0.1) is 12.7 Å². The molecule has 1 aliphatic rings. The van der Waals surface area contributed by atoms with E-state index in [4.69, 9.17) is 0 Å². The van der Waals surface area contributed by atoms with Crippen molar-refractivity contribution in [2.75, 3.05) is 0 Å². The van der Waals surface area contributed by atoms with E-state index in [9.17, 15) is 0 Å². The fraction of sp³-hybridized carbons (Fsp3) is 0.471. The topological polar surface area (TPSA) is 29.9 Å². The van der Waals surface area contributed by atoms with Crippen LogP contribution in [0.25, 0.3) is 0 Å². The minimum Gasteiger partial charge on any atom is -0.310 e. The molecule has 3 rings (SSSR count). The highest BCUT2D eigenvalue weighted by Crippen LogP contribution is 2.21. The highest BCUT2D eigenvalue weighted by molar-refractivity contribution is 9.10. The predicted octanol–water partition coefficient (Wildman–Crippen LogP) is 3.90. The molecular weight excluding hydrogens is 326 g/mol. The monoisotopic (exact) mass is 347 g/mol. The normalized spacial score (nSPS) is 14.6. The summed E-state index contributed by atoms with van der Waals surface area (Å²) in [6.07, 6.45) is 6.94. The summed E-state index contributed by atoms with van der Waals surface area (Å²) in [5.41, 5.74) is 4.02. The summed E-state index contributed by atoms with van der Waals surface area (Å²) in [7, 11) is 0. The maximum Gasteiger partial charge on any atom is 0.0663 e. The molecule has 0 bridgehead atoms. The zero-order chi connectivity index (χ0) is 14.7. The SMILES string of the molecule is CCCc1c(CNC2CC2)cnn1Cc1cccc(Br)c1. The molecule has 0 atom stereocenters. The number of nitrogens with zero attached hydrogens (tertiary/aromatic N) is 2. The quantitative estimate of drug-likeness (QED) is 0.823. The number of rotatable bonds is 7. The Labute approximate surface area is 134 Å². The third-order valence-electron chi connectivity index (χ3n) is 3.90. The number of halogens is 1. The zero-order valence-corrected chi connectivity index (χ0v) is 14.1. The van der Waals surface area contributed by atoms with E-state index in [-0.39, 0.29) is 0 Å². The zero-order valence-electron chi connectivity index (χ0n) is 12.5. The molecule has 0 amide bonds. The summed E-state index contributed by atoms with van der Waals surface area (Å²) < 4.78 is 3.29. The fourth-order valence-electron chi connectivity index (χ4n) is 2.61.